The summed E-state index contributed by atoms with van der Waals surface area (Å²) in [5.41, 5.74) is 5.13. The van der Waals surface area contributed by atoms with Gasteiger partial charge in [-0.3, -0.25) is 9.13 Å². The minimum atomic E-state index is -3.50. The molecule has 0 saturated carbocycles. The molecule has 0 aliphatic rings. The Kier molecular flexibility index (Phi) is 38.1. The number of unbranched alkanes of at least 4 members (excludes halogenated alkanes) is 26. The Balaban J connectivity index is 2.14. The number of nitrogens with two attached hydrogens (primary N) is 1. The van der Waals surface area contributed by atoms with Crippen LogP contribution >= 0.6 is 7.60 Å². The number of rotatable bonds is 45. The lowest BCUT2D eigenvalue weighted by Gasteiger charge is -2.19. The van der Waals surface area contributed by atoms with Crippen LogP contribution in [0.4, 0.5) is 5.82 Å². The highest BCUT2D eigenvalue weighted by atomic mass is 31.2. The fourth-order valence-corrected chi connectivity index (χ4v) is 8.18. The van der Waals surface area contributed by atoms with Crippen molar-refractivity contribution in [2.75, 3.05) is 58.3 Å². The lowest BCUT2D eigenvalue weighted by molar-refractivity contribution is 0.0899. The van der Waals surface area contributed by atoms with Crippen LogP contribution in [0.3, 0.4) is 0 Å². The van der Waals surface area contributed by atoms with E-state index in [-0.39, 0.29) is 38.5 Å². The quantitative estimate of drug-likeness (QED) is 0.0506. The summed E-state index contributed by atoms with van der Waals surface area (Å²) in [6.07, 6.45) is 40.1. The Labute approximate surface area is 344 Å². The van der Waals surface area contributed by atoms with Crippen LogP contribution in [0, 0.1) is 0 Å². The van der Waals surface area contributed by atoms with Gasteiger partial charge in [-0.15, -0.1) is 0 Å². The molecular weight excluding hydrogens is 725 g/mol. The maximum Gasteiger partial charge on any atom is 0.356 e. The predicted molar refractivity (Wildman–Crippen MR) is 235 cm³/mol. The van der Waals surface area contributed by atoms with Gasteiger partial charge in [0.1, 0.15) is 12.2 Å². The highest BCUT2D eigenvalue weighted by Crippen LogP contribution is 2.48. The first-order chi connectivity index (χ1) is 27.5. The van der Waals surface area contributed by atoms with Crippen molar-refractivity contribution < 1.29 is 27.8 Å². The van der Waals surface area contributed by atoms with Crippen LogP contribution in [0.5, 0.6) is 0 Å². The van der Waals surface area contributed by atoms with E-state index in [0.29, 0.717) is 26.1 Å². The minimum Gasteiger partial charge on any atom is -0.383 e. The van der Waals surface area contributed by atoms with Gasteiger partial charge in [-0.05, 0) is 31.7 Å². The molecule has 0 bridgehead atoms. The lowest BCUT2D eigenvalue weighted by Crippen LogP contribution is -2.25. The van der Waals surface area contributed by atoms with Crippen molar-refractivity contribution in [1.29, 1.82) is 0 Å². The Hall–Kier alpha value is -1.29. The number of hydrogen-bond acceptors (Lipinski definition) is 9. The van der Waals surface area contributed by atoms with Crippen LogP contribution < -0.4 is 11.4 Å². The molecule has 0 radical (unpaired) electrons. The number of nitrogens with zero attached hydrogens (tertiary/aromatic N) is 2. The zero-order chi connectivity index (χ0) is 40.5. The molecular formula is C45H88N3O7P. The van der Waals surface area contributed by atoms with Gasteiger partial charge < -0.3 is 29.0 Å². The Morgan fingerprint density at radius 3 is 1.23 bits per heavy atom. The lowest BCUT2D eigenvalue weighted by atomic mass is 10.0. The van der Waals surface area contributed by atoms with Gasteiger partial charge in [-0.1, -0.05) is 181 Å². The molecule has 0 saturated heterocycles. The summed E-state index contributed by atoms with van der Waals surface area (Å²) in [5, 5.41) is 0. The first-order valence-electron chi connectivity index (χ1n) is 23.4. The predicted octanol–water partition coefficient (Wildman–Crippen LogP) is 12.8. The molecule has 1 rings (SSSR count). The third-order valence-electron chi connectivity index (χ3n) is 10.3. The summed E-state index contributed by atoms with van der Waals surface area (Å²) >= 11 is 0. The Morgan fingerprint density at radius 1 is 0.500 bits per heavy atom. The highest BCUT2D eigenvalue weighted by molar-refractivity contribution is 7.53. The molecule has 0 amide bonds. The van der Waals surface area contributed by atoms with Gasteiger partial charge in [-0.25, -0.2) is 4.79 Å². The molecule has 0 aromatic carbocycles. The zero-order valence-corrected chi connectivity index (χ0v) is 37.4. The number of anilines is 1. The summed E-state index contributed by atoms with van der Waals surface area (Å²) in [7, 11) is -3.50. The molecule has 0 aliphatic heterocycles. The number of aromatic nitrogens is 2. The molecule has 2 N–H and O–H groups in total. The van der Waals surface area contributed by atoms with Gasteiger partial charge in [-0.2, -0.15) is 4.98 Å². The molecule has 1 heterocycles. The minimum absolute atomic E-state index is 0.160. The molecule has 11 heteroatoms. The van der Waals surface area contributed by atoms with Crippen molar-refractivity contribution in [3.63, 3.8) is 0 Å². The normalized spacial score (nSPS) is 11.9. The van der Waals surface area contributed by atoms with E-state index in [2.05, 4.69) is 18.8 Å². The second-order valence-corrected chi connectivity index (χ2v) is 17.8. The van der Waals surface area contributed by atoms with Crippen molar-refractivity contribution in [2.45, 2.75) is 213 Å². The van der Waals surface area contributed by atoms with Crippen LogP contribution in [0.25, 0.3) is 0 Å². The first kappa shape index (κ1) is 52.7. The summed E-state index contributed by atoms with van der Waals surface area (Å²) in [6, 6.07) is 1.56. The van der Waals surface area contributed by atoms with E-state index in [4.69, 9.17) is 29.0 Å². The number of nitrogen functional groups attached to an aromatic ring is 1. The summed E-state index contributed by atoms with van der Waals surface area (Å²) < 4.78 is 43.8. The van der Waals surface area contributed by atoms with Gasteiger partial charge in [0.15, 0.2) is 0 Å². The molecule has 1 aromatic rings. The SMILES string of the molecule is CCCCCCCCCCCCCCCCOCCCOP(=O)(COCCn1ccc(N)nc1=O)OCCCOCCCCCCCCCCCCCCCC. The van der Waals surface area contributed by atoms with E-state index in [1.165, 1.54) is 172 Å². The van der Waals surface area contributed by atoms with Crippen LogP contribution in [0.1, 0.15) is 206 Å². The van der Waals surface area contributed by atoms with Crippen LogP contribution in [-0.2, 0) is 34.4 Å². The third-order valence-corrected chi connectivity index (χ3v) is 12.0. The van der Waals surface area contributed by atoms with E-state index in [1.807, 2.05) is 0 Å². The average molecular weight is 814 g/mol. The Bertz CT molecular complexity index is 1030. The fourth-order valence-electron chi connectivity index (χ4n) is 6.79. The standard InChI is InChI=1S/C45H88N3O7P/c1-3-5-7-9-11-13-15-17-19-21-23-25-27-29-36-51-38-31-40-54-56(50,43-53-42-35-48-34-33-44(46)47-45(48)49)55-41-32-39-52-37-30-28-26-24-22-20-18-16-14-12-10-8-6-4-2/h33-34H,3-32,35-43H2,1-2H3,(H2,46,47,49). The third kappa shape index (κ3) is 34.7. The van der Waals surface area contributed by atoms with Gasteiger partial charge in [0.25, 0.3) is 0 Å². The molecule has 0 atom stereocenters. The van der Waals surface area contributed by atoms with Crippen LogP contribution in [-0.4, -0.2) is 62.1 Å². The molecule has 1 aromatic heterocycles. The second-order valence-electron chi connectivity index (χ2n) is 15.8. The highest BCUT2D eigenvalue weighted by Gasteiger charge is 2.25. The van der Waals surface area contributed by atoms with Crippen molar-refractivity contribution >= 4 is 13.4 Å². The van der Waals surface area contributed by atoms with E-state index in [0.717, 1.165) is 26.1 Å². The Morgan fingerprint density at radius 2 is 0.857 bits per heavy atom. The molecule has 0 spiro atoms. The molecule has 330 valence electrons. The monoisotopic (exact) mass is 814 g/mol. The fraction of sp³-hybridized carbons (Fsp3) is 0.911. The van der Waals surface area contributed by atoms with Gasteiger partial charge in [0.2, 0.25) is 0 Å². The van der Waals surface area contributed by atoms with E-state index in [1.54, 1.807) is 12.3 Å². The number of hydrogen-bond donors (Lipinski definition) is 1. The molecule has 0 fully saturated rings. The van der Waals surface area contributed by atoms with E-state index >= 15 is 0 Å². The van der Waals surface area contributed by atoms with E-state index < -0.39 is 13.3 Å². The van der Waals surface area contributed by atoms with Crippen molar-refractivity contribution in [2.24, 2.45) is 0 Å². The smallest absolute Gasteiger partial charge is 0.356 e. The van der Waals surface area contributed by atoms with Crippen LogP contribution in [0.2, 0.25) is 0 Å². The second kappa shape index (κ2) is 40.5. The van der Waals surface area contributed by atoms with Gasteiger partial charge in [0, 0.05) is 32.6 Å². The van der Waals surface area contributed by atoms with Crippen LogP contribution in [0.15, 0.2) is 17.1 Å². The maximum absolute atomic E-state index is 13.6. The maximum atomic E-state index is 13.6. The van der Waals surface area contributed by atoms with Gasteiger partial charge >= 0.3 is 13.3 Å². The molecule has 0 unspecified atom stereocenters. The summed E-state index contributed by atoms with van der Waals surface area (Å²) in [5.74, 6) is 0.172. The molecule has 10 nitrogen and oxygen atoms in total. The summed E-state index contributed by atoms with van der Waals surface area (Å²) in [6.45, 7) is 8.09. The summed E-state index contributed by atoms with van der Waals surface area (Å²) in [4.78, 5) is 15.7. The largest absolute Gasteiger partial charge is 0.383 e. The first-order valence-corrected chi connectivity index (χ1v) is 25.2. The average Bonchev–Trinajstić information content (AvgIpc) is 3.19. The topological polar surface area (TPSA) is 124 Å². The molecule has 0 aliphatic carbocycles. The van der Waals surface area contributed by atoms with Crippen molar-refractivity contribution in [1.82, 2.24) is 9.55 Å². The van der Waals surface area contributed by atoms with Crippen molar-refractivity contribution in [3.8, 4) is 0 Å². The zero-order valence-electron chi connectivity index (χ0n) is 36.5. The van der Waals surface area contributed by atoms with E-state index in [9.17, 15) is 9.36 Å². The van der Waals surface area contributed by atoms with Crippen molar-refractivity contribution in [3.05, 3.63) is 22.7 Å². The molecule has 56 heavy (non-hydrogen) atoms. The van der Waals surface area contributed by atoms with Gasteiger partial charge in [0.05, 0.1) is 26.4 Å². The number of ether oxygens (including phenoxy) is 3.